The number of hydrogen-bond acceptors (Lipinski definition) is 6. The van der Waals surface area contributed by atoms with Crippen molar-refractivity contribution in [1.29, 1.82) is 0 Å². The summed E-state index contributed by atoms with van der Waals surface area (Å²) < 4.78 is 32.5. The predicted octanol–water partition coefficient (Wildman–Crippen LogP) is 2.16. The van der Waals surface area contributed by atoms with E-state index in [1.54, 1.807) is 17.7 Å². The number of likely N-dealkylation sites (N-methyl/N-ethyl adjacent to an activating group) is 1. The van der Waals surface area contributed by atoms with Gasteiger partial charge in [-0.25, -0.2) is 8.42 Å². The van der Waals surface area contributed by atoms with Crippen molar-refractivity contribution in [2.45, 2.75) is 23.8 Å². The van der Waals surface area contributed by atoms with Crippen LogP contribution in [0.2, 0.25) is 0 Å². The molecule has 1 saturated heterocycles. The van der Waals surface area contributed by atoms with Crippen LogP contribution in [0.25, 0.3) is 0 Å². The van der Waals surface area contributed by atoms with Crippen LogP contribution in [-0.4, -0.2) is 57.3 Å². The maximum atomic E-state index is 12.8. The summed E-state index contributed by atoms with van der Waals surface area (Å²) in [6, 6.07) is 5.04. The molecular weight excluding hydrogens is 374 g/mol. The van der Waals surface area contributed by atoms with E-state index in [9.17, 15) is 13.2 Å². The van der Waals surface area contributed by atoms with E-state index in [2.05, 4.69) is 5.32 Å². The summed E-state index contributed by atoms with van der Waals surface area (Å²) in [5.41, 5.74) is 0. The van der Waals surface area contributed by atoms with Crippen LogP contribution >= 0.6 is 11.3 Å². The van der Waals surface area contributed by atoms with Crippen LogP contribution in [0, 0.1) is 0 Å². The van der Waals surface area contributed by atoms with Gasteiger partial charge in [0.1, 0.15) is 15.5 Å². The van der Waals surface area contributed by atoms with E-state index in [4.69, 9.17) is 4.42 Å². The standard InChI is InChI=1S/C17H23N3O4S2/c1-19(2)13(14-6-5-10-24-14)12-18-17(21)16-15(7-11-25-16)26(22,23)20-8-3-4-9-20/h5-7,10-11,13H,3-4,8-9,12H2,1-2H3,(H,18,21). The van der Waals surface area contributed by atoms with Crippen molar-refractivity contribution in [1.82, 2.24) is 14.5 Å². The maximum Gasteiger partial charge on any atom is 0.262 e. The predicted molar refractivity (Wildman–Crippen MR) is 99.8 cm³/mol. The van der Waals surface area contributed by atoms with Crippen LogP contribution in [0.4, 0.5) is 0 Å². The lowest BCUT2D eigenvalue weighted by atomic mass is 10.2. The molecule has 1 N–H and O–H groups in total. The minimum Gasteiger partial charge on any atom is -0.468 e. The Kier molecular flexibility index (Phi) is 5.81. The van der Waals surface area contributed by atoms with Crippen molar-refractivity contribution in [2.24, 2.45) is 0 Å². The van der Waals surface area contributed by atoms with Gasteiger partial charge in [0.2, 0.25) is 10.0 Å². The topological polar surface area (TPSA) is 82.9 Å². The quantitative estimate of drug-likeness (QED) is 0.774. The van der Waals surface area contributed by atoms with Gasteiger partial charge in [-0.3, -0.25) is 9.69 Å². The molecule has 1 aliphatic rings. The molecule has 3 rings (SSSR count). The van der Waals surface area contributed by atoms with Gasteiger partial charge in [-0.1, -0.05) is 0 Å². The third-order valence-electron chi connectivity index (χ3n) is 4.47. The molecule has 2 aromatic heterocycles. The molecule has 142 valence electrons. The van der Waals surface area contributed by atoms with Crippen molar-refractivity contribution in [3.05, 3.63) is 40.5 Å². The van der Waals surface area contributed by atoms with E-state index in [1.165, 1.54) is 10.4 Å². The Morgan fingerprint density at radius 2 is 2.08 bits per heavy atom. The Morgan fingerprint density at radius 3 is 2.69 bits per heavy atom. The fraction of sp³-hybridized carbons (Fsp3) is 0.471. The minimum absolute atomic E-state index is 0.0984. The molecule has 1 atom stereocenters. The van der Waals surface area contributed by atoms with Crippen molar-refractivity contribution < 1.29 is 17.6 Å². The van der Waals surface area contributed by atoms with Gasteiger partial charge in [0.25, 0.3) is 5.91 Å². The van der Waals surface area contributed by atoms with E-state index in [1.807, 2.05) is 25.1 Å². The van der Waals surface area contributed by atoms with Gasteiger partial charge in [0.15, 0.2) is 0 Å². The first kappa shape index (κ1) is 19.1. The molecule has 0 radical (unpaired) electrons. The lowest BCUT2D eigenvalue weighted by Crippen LogP contribution is -2.35. The minimum atomic E-state index is -3.62. The van der Waals surface area contributed by atoms with Gasteiger partial charge in [-0.2, -0.15) is 4.31 Å². The highest BCUT2D eigenvalue weighted by molar-refractivity contribution is 7.89. The Labute approximate surface area is 157 Å². The number of nitrogens with one attached hydrogen (secondary N) is 1. The first-order chi connectivity index (χ1) is 12.4. The fourth-order valence-corrected chi connectivity index (χ4v) is 5.86. The third-order valence-corrected chi connectivity index (χ3v) is 7.45. The summed E-state index contributed by atoms with van der Waals surface area (Å²) in [7, 11) is 0.178. The van der Waals surface area contributed by atoms with E-state index >= 15 is 0 Å². The zero-order chi connectivity index (χ0) is 18.7. The van der Waals surface area contributed by atoms with Crippen LogP contribution in [0.3, 0.4) is 0 Å². The van der Waals surface area contributed by atoms with Gasteiger partial charge < -0.3 is 9.73 Å². The Hall–Kier alpha value is -1.68. The summed E-state index contributed by atoms with van der Waals surface area (Å²) in [5.74, 6) is 0.363. The van der Waals surface area contributed by atoms with Gasteiger partial charge in [-0.05, 0) is 50.5 Å². The molecule has 3 heterocycles. The van der Waals surface area contributed by atoms with Crippen molar-refractivity contribution in [2.75, 3.05) is 33.7 Å². The summed E-state index contributed by atoms with van der Waals surface area (Å²) in [6.45, 7) is 1.35. The second-order valence-corrected chi connectivity index (χ2v) is 9.25. The monoisotopic (exact) mass is 397 g/mol. The summed E-state index contributed by atoms with van der Waals surface area (Å²) in [6.07, 6.45) is 3.31. The van der Waals surface area contributed by atoms with Crippen LogP contribution in [0.1, 0.15) is 34.3 Å². The van der Waals surface area contributed by atoms with Gasteiger partial charge in [-0.15, -0.1) is 11.3 Å². The molecule has 1 unspecified atom stereocenters. The number of rotatable bonds is 7. The Morgan fingerprint density at radius 1 is 1.35 bits per heavy atom. The lowest BCUT2D eigenvalue weighted by Gasteiger charge is -2.22. The van der Waals surface area contributed by atoms with Crippen LogP contribution in [0.15, 0.2) is 39.2 Å². The zero-order valence-electron chi connectivity index (χ0n) is 14.8. The number of thiophene rings is 1. The Bertz CT molecular complexity index is 837. The number of amides is 1. The van der Waals surface area contributed by atoms with Crippen molar-refractivity contribution in [3.8, 4) is 0 Å². The van der Waals surface area contributed by atoms with E-state index in [0.717, 1.165) is 29.9 Å². The normalized spacial score (nSPS) is 16.9. The molecule has 7 nitrogen and oxygen atoms in total. The van der Waals surface area contributed by atoms with E-state index in [0.29, 0.717) is 19.6 Å². The number of hydrogen-bond donors (Lipinski definition) is 1. The molecule has 0 saturated carbocycles. The van der Waals surface area contributed by atoms with E-state index < -0.39 is 10.0 Å². The SMILES string of the molecule is CN(C)C(CNC(=O)c1sccc1S(=O)(=O)N1CCCC1)c1ccco1. The van der Waals surface area contributed by atoms with Crippen LogP contribution in [-0.2, 0) is 10.0 Å². The van der Waals surface area contributed by atoms with Gasteiger partial charge >= 0.3 is 0 Å². The average molecular weight is 398 g/mol. The van der Waals surface area contributed by atoms with Crippen LogP contribution in [0.5, 0.6) is 0 Å². The second kappa shape index (κ2) is 7.91. The summed E-state index contributed by atoms with van der Waals surface area (Å²) >= 11 is 1.15. The maximum absolute atomic E-state index is 12.8. The number of carbonyl (C=O) groups is 1. The largest absolute Gasteiger partial charge is 0.468 e. The highest BCUT2D eigenvalue weighted by atomic mass is 32.2. The molecule has 0 aliphatic carbocycles. The summed E-state index contributed by atoms with van der Waals surface area (Å²) in [4.78, 5) is 14.9. The fourth-order valence-electron chi connectivity index (χ4n) is 3.02. The molecule has 2 aromatic rings. The highest BCUT2D eigenvalue weighted by Crippen LogP contribution is 2.28. The van der Waals surface area contributed by atoms with Gasteiger partial charge in [0.05, 0.1) is 12.3 Å². The van der Waals surface area contributed by atoms with Crippen molar-refractivity contribution >= 4 is 27.3 Å². The first-order valence-electron chi connectivity index (χ1n) is 8.47. The molecule has 0 bridgehead atoms. The second-order valence-electron chi connectivity index (χ2n) is 6.43. The van der Waals surface area contributed by atoms with Gasteiger partial charge in [0, 0.05) is 19.6 Å². The molecule has 26 heavy (non-hydrogen) atoms. The molecular formula is C17H23N3O4S2. The molecule has 1 aliphatic heterocycles. The number of sulfonamides is 1. The third kappa shape index (κ3) is 3.85. The highest BCUT2D eigenvalue weighted by Gasteiger charge is 2.32. The Balaban J connectivity index is 1.74. The number of nitrogens with zero attached hydrogens (tertiary/aromatic N) is 2. The smallest absolute Gasteiger partial charge is 0.262 e. The zero-order valence-corrected chi connectivity index (χ0v) is 16.5. The summed E-state index contributed by atoms with van der Waals surface area (Å²) in [5, 5.41) is 4.49. The molecule has 1 amide bonds. The van der Waals surface area contributed by atoms with E-state index in [-0.39, 0.29) is 21.7 Å². The lowest BCUT2D eigenvalue weighted by molar-refractivity contribution is 0.0940. The molecule has 1 fully saturated rings. The molecule has 0 aromatic carbocycles. The molecule has 0 spiro atoms. The van der Waals surface area contributed by atoms with Crippen LogP contribution < -0.4 is 5.32 Å². The first-order valence-corrected chi connectivity index (χ1v) is 10.8. The number of carbonyl (C=O) groups excluding carboxylic acids is 1. The number of furan rings is 1. The molecule has 9 heteroatoms. The van der Waals surface area contributed by atoms with Crippen molar-refractivity contribution in [3.63, 3.8) is 0 Å². The average Bonchev–Trinajstić information content (AvgIpc) is 3.34.